The van der Waals surface area contributed by atoms with E-state index in [1.54, 1.807) is 0 Å². The molecule has 1 saturated carbocycles. The average molecular weight is 201 g/mol. The average Bonchev–Trinajstić information content (AvgIpc) is 2.89. The number of nitrogens with zero attached hydrogens (tertiary/aromatic N) is 1. The molecule has 0 aromatic rings. The highest BCUT2D eigenvalue weighted by molar-refractivity contribution is 5.81. The van der Waals surface area contributed by atoms with Crippen molar-refractivity contribution in [3.8, 4) is 0 Å². The number of hydrogen-bond acceptors (Lipinski definition) is 3. The van der Waals surface area contributed by atoms with Crippen molar-refractivity contribution in [3.05, 3.63) is 0 Å². The van der Waals surface area contributed by atoms with E-state index in [1.165, 1.54) is 18.9 Å². The number of methoxy groups -OCH3 is 1. The Labute approximate surface area is 82.6 Å². The minimum absolute atomic E-state index is 0.0115. The molecule has 0 spiro atoms. The standard InChI is InChI=1S/C9H15NO4/c1-9(5-14-2,8(12)13)10(6-11)7-3-4-7/h6-7H,3-5H2,1-2H3,(H,12,13). The summed E-state index contributed by atoms with van der Waals surface area (Å²) in [5, 5.41) is 9.06. The second-order valence-electron chi connectivity index (χ2n) is 3.76. The molecule has 1 aliphatic rings. The highest BCUT2D eigenvalue weighted by atomic mass is 16.5. The van der Waals surface area contributed by atoms with Crippen LogP contribution in [-0.2, 0) is 14.3 Å². The van der Waals surface area contributed by atoms with Crippen LogP contribution in [0.5, 0.6) is 0 Å². The van der Waals surface area contributed by atoms with Gasteiger partial charge in [0.2, 0.25) is 6.41 Å². The number of aliphatic carboxylic acids is 1. The van der Waals surface area contributed by atoms with Crippen molar-refractivity contribution in [2.24, 2.45) is 0 Å². The smallest absolute Gasteiger partial charge is 0.331 e. The van der Waals surface area contributed by atoms with Gasteiger partial charge in [0.25, 0.3) is 0 Å². The van der Waals surface area contributed by atoms with E-state index in [-0.39, 0.29) is 12.6 Å². The first-order chi connectivity index (χ1) is 6.56. The minimum atomic E-state index is -1.24. The Morgan fingerprint density at radius 2 is 2.29 bits per heavy atom. The maximum absolute atomic E-state index is 11.1. The number of hydrogen-bond donors (Lipinski definition) is 1. The zero-order chi connectivity index (χ0) is 10.8. The monoisotopic (exact) mass is 201 g/mol. The summed E-state index contributed by atoms with van der Waals surface area (Å²) in [6, 6.07) is 0.0729. The highest BCUT2D eigenvalue weighted by Gasteiger charge is 2.46. The summed E-state index contributed by atoms with van der Waals surface area (Å²) in [6.07, 6.45) is 2.36. The van der Waals surface area contributed by atoms with E-state index in [2.05, 4.69) is 0 Å². The van der Waals surface area contributed by atoms with Crippen LogP contribution in [-0.4, -0.2) is 47.7 Å². The second kappa shape index (κ2) is 3.96. The summed E-state index contributed by atoms with van der Waals surface area (Å²) in [5.74, 6) is -1.03. The molecule has 5 heteroatoms. The zero-order valence-corrected chi connectivity index (χ0v) is 8.40. The number of carboxylic acids is 1. The minimum Gasteiger partial charge on any atom is -0.479 e. The van der Waals surface area contributed by atoms with Gasteiger partial charge < -0.3 is 14.7 Å². The molecule has 1 atom stereocenters. The molecule has 5 nitrogen and oxygen atoms in total. The maximum Gasteiger partial charge on any atom is 0.331 e. The first kappa shape index (κ1) is 11.0. The Morgan fingerprint density at radius 3 is 2.57 bits per heavy atom. The summed E-state index contributed by atoms with van der Waals surface area (Å²) < 4.78 is 4.85. The van der Waals surface area contributed by atoms with Crippen molar-refractivity contribution in [1.29, 1.82) is 0 Å². The summed E-state index contributed by atoms with van der Waals surface area (Å²) in [6.45, 7) is 1.52. The van der Waals surface area contributed by atoms with E-state index in [9.17, 15) is 9.59 Å². The molecule has 1 fully saturated rings. The first-order valence-corrected chi connectivity index (χ1v) is 4.52. The third-order valence-corrected chi connectivity index (χ3v) is 2.51. The molecule has 0 saturated heterocycles. The molecule has 1 aliphatic carbocycles. The van der Waals surface area contributed by atoms with Crippen LogP contribution in [0.3, 0.4) is 0 Å². The molecule has 0 radical (unpaired) electrons. The lowest BCUT2D eigenvalue weighted by Gasteiger charge is -2.34. The summed E-state index contributed by atoms with van der Waals surface area (Å²) in [7, 11) is 1.43. The highest BCUT2D eigenvalue weighted by Crippen LogP contribution is 2.31. The first-order valence-electron chi connectivity index (χ1n) is 4.52. The molecular formula is C9H15NO4. The van der Waals surface area contributed by atoms with Gasteiger partial charge in [0, 0.05) is 13.2 Å². The fraction of sp³-hybridized carbons (Fsp3) is 0.778. The molecule has 1 amide bonds. The van der Waals surface area contributed by atoms with E-state index < -0.39 is 11.5 Å². The van der Waals surface area contributed by atoms with Crippen molar-refractivity contribution < 1.29 is 19.4 Å². The number of rotatable bonds is 6. The Kier molecular flexibility index (Phi) is 3.10. The summed E-state index contributed by atoms with van der Waals surface area (Å²) >= 11 is 0. The predicted octanol–water partition coefficient (Wildman–Crippen LogP) is 0.0969. The molecule has 0 heterocycles. The lowest BCUT2D eigenvalue weighted by atomic mass is 10.0. The third kappa shape index (κ3) is 1.87. The Hall–Kier alpha value is -1.10. The van der Waals surface area contributed by atoms with Gasteiger partial charge in [-0.1, -0.05) is 0 Å². The SMILES string of the molecule is COCC(C)(C(=O)O)N(C=O)C1CC1. The second-order valence-corrected chi connectivity index (χ2v) is 3.76. The molecule has 80 valence electrons. The van der Waals surface area contributed by atoms with Crippen LogP contribution in [0.1, 0.15) is 19.8 Å². The Balaban J connectivity index is 2.82. The van der Waals surface area contributed by atoms with Crippen LogP contribution in [0.2, 0.25) is 0 Å². The van der Waals surface area contributed by atoms with Gasteiger partial charge in [-0.25, -0.2) is 4.79 Å². The fourth-order valence-electron chi connectivity index (χ4n) is 1.49. The quantitative estimate of drug-likeness (QED) is 0.619. The van der Waals surface area contributed by atoms with Crippen molar-refractivity contribution in [1.82, 2.24) is 4.90 Å². The molecular weight excluding hydrogens is 186 g/mol. The number of carbonyl (C=O) groups is 2. The maximum atomic E-state index is 11.1. The van der Waals surface area contributed by atoms with Gasteiger partial charge >= 0.3 is 5.97 Å². The molecule has 0 aliphatic heterocycles. The molecule has 0 aromatic carbocycles. The summed E-state index contributed by atoms with van der Waals surface area (Å²) in [4.78, 5) is 23.2. The third-order valence-electron chi connectivity index (χ3n) is 2.51. The number of ether oxygens (including phenoxy) is 1. The van der Waals surface area contributed by atoms with Gasteiger partial charge in [0.05, 0.1) is 6.61 Å². The van der Waals surface area contributed by atoms with Gasteiger partial charge in [-0.05, 0) is 19.8 Å². The van der Waals surface area contributed by atoms with E-state index in [4.69, 9.17) is 9.84 Å². The zero-order valence-electron chi connectivity index (χ0n) is 8.40. The van der Waals surface area contributed by atoms with Crippen LogP contribution >= 0.6 is 0 Å². The van der Waals surface area contributed by atoms with Crippen molar-refractivity contribution in [2.75, 3.05) is 13.7 Å². The van der Waals surface area contributed by atoms with Gasteiger partial charge in [-0.15, -0.1) is 0 Å². The normalized spacial score (nSPS) is 19.9. The number of carbonyl (C=O) groups excluding carboxylic acids is 1. The molecule has 0 aromatic heterocycles. The summed E-state index contributed by atoms with van der Waals surface area (Å²) in [5.41, 5.74) is -1.24. The Bertz CT molecular complexity index is 239. The van der Waals surface area contributed by atoms with Crippen molar-refractivity contribution in [2.45, 2.75) is 31.3 Å². The molecule has 1 N–H and O–H groups in total. The van der Waals surface area contributed by atoms with Gasteiger partial charge in [-0.3, -0.25) is 4.79 Å². The van der Waals surface area contributed by atoms with Gasteiger partial charge in [0.1, 0.15) is 0 Å². The van der Waals surface area contributed by atoms with Crippen molar-refractivity contribution in [3.63, 3.8) is 0 Å². The van der Waals surface area contributed by atoms with Crippen LogP contribution in [0.4, 0.5) is 0 Å². The molecule has 1 rings (SSSR count). The lowest BCUT2D eigenvalue weighted by molar-refractivity contribution is -0.158. The Morgan fingerprint density at radius 1 is 1.71 bits per heavy atom. The van der Waals surface area contributed by atoms with Crippen LogP contribution in [0.15, 0.2) is 0 Å². The van der Waals surface area contributed by atoms with Crippen LogP contribution < -0.4 is 0 Å². The largest absolute Gasteiger partial charge is 0.479 e. The van der Waals surface area contributed by atoms with E-state index in [0.29, 0.717) is 6.41 Å². The van der Waals surface area contributed by atoms with E-state index >= 15 is 0 Å². The predicted molar refractivity (Wildman–Crippen MR) is 48.8 cm³/mol. The molecule has 1 unspecified atom stereocenters. The lowest BCUT2D eigenvalue weighted by Crippen LogP contribution is -2.55. The fourth-order valence-corrected chi connectivity index (χ4v) is 1.49. The van der Waals surface area contributed by atoms with E-state index in [0.717, 1.165) is 12.8 Å². The topological polar surface area (TPSA) is 66.8 Å². The van der Waals surface area contributed by atoms with Crippen LogP contribution in [0.25, 0.3) is 0 Å². The number of amides is 1. The molecule has 0 bridgehead atoms. The van der Waals surface area contributed by atoms with E-state index in [1.807, 2.05) is 0 Å². The number of carboxylic acid groups (broad SMARTS) is 1. The van der Waals surface area contributed by atoms with Crippen molar-refractivity contribution >= 4 is 12.4 Å². The van der Waals surface area contributed by atoms with Gasteiger partial charge in [-0.2, -0.15) is 0 Å². The van der Waals surface area contributed by atoms with Crippen LogP contribution in [0, 0.1) is 0 Å². The molecule has 14 heavy (non-hydrogen) atoms. The van der Waals surface area contributed by atoms with Gasteiger partial charge in [0.15, 0.2) is 5.54 Å².